The first-order chi connectivity index (χ1) is 17.6. The van der Waals surface area contributed by atoms with Crippen LogP contribution in [0.3, 0.4) is 0 Å². The molecule has 1 unspecified atom stereocenters. The number of anilines is 1. The van der Waals surface area contributed by atoms with Gasteiger partial charge in [0, 0.05) is 44.5 Å². The number of carbonyl (C=O) groups is 1. The quantitative estimate of drug-likeness (QED) is 0.414. The van der Waals surface area contributed by atoms with Crippen LogP contribution >= 0.6 is 11.3 Å². The number of ether oxygens (including phenoxy) is 1. The van der Waals surface area contributed by atoms with E-state index in [0.717, 1.165) is 48.0 Å². The number of rotatable bonds is 7. The first-order valence-electron chi connectivity index (χ1n) is 12.3. The van der Waals surface area contributed by atoms with Crippen LogP contribution in [0.2, 0.25) is 0 Å². The van der Waals surface area contributed by atoms with Crippen LogP contribution in [0.5, 0.6) is 0 Å². The summed E-state index contributed by atoms with van der Waals surface area (Å²) in [5, 5.41) is 9.68. The van der Waals surface area contributed by atoms with Gasteiger partial charge < -0.3 is 19.9 Å². The molecule has 0 spiro atoms. The van der Waals surface area contributed by atoms with Crippen LogP contribution in [0.15, 0.2) is 48.1 Å². The summed E-state index contributed by atoms with van der Waals surface area (Å²) in [6.07, 6.45) is 6.14. The normalized spacial score (nSPS) is 18.6. The molecule has 10 heteroatoms. The smallest absolute Gasteiger partial charge is 0.251 e. The monoisotopic (exact) mass is 503 g/mol. The second-order valence-corrected chi connectivity index (χ2v) is 10.4. The van der Waals surface area contributed by atoms with Crippen LogP contribution in [-0.4, -0.2) is 82.9 Å². The number of methoxy groups -OCH3 is 1. The summed E-state index contributed by atoms with van der Waals surface area (Å²) in [5.41, 5.74) is 3.67. The van der Waals surface area contributed by atoms with E-state index in [4.69, 9.17) is 14.7 Å². The number of carbonyl (C=O) groups excluding carboxylic acids is 1. The van der Waals surface area contributed by atoms with Gasteiger partial charge in [0.25, 0.3) is 5.91 Å². The molecule has 1 N–H and O–H groups in total. The zero-order valence-electron chi connectivity index (χ0n) is 20.4. The fourth-order valence-electron chi connectivity index (χ4n) is 4.88. The molecule has 6 rings (SSSR count). The number of aromatic nitrogens is 4. The van der Waals surface area contributed by atoms with E-state index in [2.05, 4.69) is 33.3 Å². The number of likely N-dealkylation sites (N-methyl/N-ethyl adjacent to an activating group) is 1. The zero-order chi connectivity index (χ0) is 24.6. The molecule has 0 bridgehead atoms. The third kappa shape index (κ3) is 4.36. The van der Waals surface area contributed by atoms with Crippen molar-refractivity contribution in [2.75, 3.05) is 45.2 Å². The molecule has 0 aromatic carbocycles. The third-order valence-electron chi connectivity index (χ3n) is 7.17. The highest BCUT2D eigenvalue weighted by molar-refractivity contribution is 7.13. The predicted octanol–water partition coefficient (Wildman–Crippen LogP) is 3.18. The molecule has 0 aliphatic carbocycles. The van der Waals surface area contributed by atoms with Crippen LogP contribution in [0.4, 0.5) is 5.82 Å². The summed E-state index contributed by atoms with van der Waals surface area (Å²) in [4.78, 5) is 28.6. The van der Waals surface area contributed by atoms with Gasteiger partial charge in [-0.25, -0.2) is 14.5 Å². The Hall–Kier alpha value is -3.34. The molecule has 2 aliphatic rings. The van der Waals surface area contributed by atoms with Crippen molar-refractivity contribution in [3.63, 3.8) is 0 Å². The maximum atomic E-state index is 13.3. The van der Waals surface area contributed by atoms with E-state index in [0.29, 0.717) is 29.5 Å². The van der Waals surface area contributed by atoms with E-state index >= 15 is 0 Å². The van der Waals surface area contributed by atoms with Gasteiger partial charge in [-0.2, -0.15) is 5.10 Å². The molecule has 9 nitrogen and oxygen atoms in total. The minimum absolute atomic E-state index is 0.0901. The van der Waals surface area contributed by atoms with Gasteiger partial charge in [0.1, 0.15) is 5.82 Å². The van der Waals surface area contributed by atoms with E-state index < -0.39 is 0 Å². The Morgan fingerprint density at radius 2 is 2.11 bits per heavy atom. The molecule has 2 aliphatic heterocycles. The van der Waals surface area contributed by atoms with Gasteiger partial charge in [-0.15, -0.1) is 11.3 Å². The lowest BCUT2D eigenvalue weighted by molar-refractivity contribution is 0.0783. The van der Waals surface area contributed by atoms with Crippen molar-refractivity contribution in [1.82, 2.24) is 29.8 Å². The van der Waals surface area contributed by atoms with Crippen LogP contribution < -0.4 is 10.2 Å². The van der Waals surface area contributed by atoms with E-state index in [1.165, 1.54) is 6.42 Å². The summed E-state index contributed by atoms with van der Waals surface area (Å²) in [6, 6.07) is 10.1. The summed E-state index contributed by atoms with van der Waals surface area (Å²) >= 11 is 1.65. The molecule has 2 saturated heterocycles. The molecule has 0 saturated carbocycles. The maximum Gasteiger partial charge on any atom is 0.251 e. The minimum atomic E-state index is -0.0901. The molecule has 1 atom stereocenters. The number of hydrogen-bond acceptors (Lipinski definition) is 8. The lowest BCUT2D eigenvalue weighted by Crippen LogP contribution is -2.52. The molecular weight excluding hydrogens is 474 g/mol. The van der Waals surface area contributed by atoms with Gasteiger partial charge in [-0.1, -0.05) is 6.07 Å². The minimum Gasteiger partial charge on any atom is -0.378 e. The van der Waals surface area contributed by atoms with Gasteiger partial charge in [0.15, 0.2) is 5.65 Å². The molecule has 186 valence electrons. The third-order valence-corrected chi connectivity index (χ3v) is 8.06. The van der Waals surface area contributed by atoms with Gasteiger partial charge in [0.2, 0.25) is 0 Å². The Morgan fingerprint density at radius 3 is 2.86 bits per heavy atom. The van der Waals surface area contributed by atoms with Gasteiger partial charge in [-0.05, 0) is 56.1 Å². The molecular formula is C26H29N7O2S. The lowest BCUT2D eigenvalue weighted by atomic mass is 10.1. The van der Waals surface area contributed by atoms with Crippen molar-refractivity contribution >= 4 is 28.7 Å². The van der Waals surface area contributed by atoms with Crippen molar-refractivity contribution in [3.8, 4) is 21.8 Å². The molecule has 0 radical (unpaired) electrons. The van der Waals surface area contributed by atoms with Crippen molar-refractivity contribution in [2.24, 2.45) is 0 Å². The standard InChI is InChI=1S/C26H29N7O2S/c1-31-8-3-5-18(31)13-27-26(34)17-11-22(29-24(12-17)32-15-19(16-32)35-2)20-14-28-33-9-7-21(30-25(20)33)23-6-4-10-36-23/h4,6-7,9-12,14,18-19H,3,5,8,13,15-16H2,1-2H3,(H,27,34). The molecule has 4 aromatic heterocycles. The lowest BCUT2D eigenvalue weighted by Gasteiger charge is -2.39. The van der Waals surface area contributed by atoms with Crippen LogP contribution in [-0.2, 0) is 4.74 Å². The number of likely N-dealkylation sites (tertiary alicyclic amines) is 1. The van der Waals surface area contributed by atoms with E-state index in [-0.39, 0.29) is 12.0 Å². The highest BCUT2D eigenvalue weighted by Gasteiger charge is 2.29. The average molecular weight is 504 g/mol. The number of amides is 1. The molecule has 4 aromatic rings. The van der Waals surface area contributed by atoms with Gasteiger partial charge in [0.05, 0.1) is 34.1 Å². The Morgan fingerprint density at radius 1 is 1.22 bits per heavy atom. The highest BCUT2D eigenvalue weighted by Crippen LogP contribution is 2.30. The summed E-state index contributed by atoms with van der Waals surface area (Å²) in [5.74, 6) is 0.672. The number of nitrogens with zero attached hydrogens (tertiary/aromatic N) is 6. The Bertz CT molecular complexity index is 1380. The second kappa shape index (κ2) is 9.61. The van der Waals surface area contributed by atoms with E-state index in [9.17, 15) is 4.79 Å². The SMILES string of the molecule is COC1CN(c2cc(C(=O)NCC3CCCN3C)cc(-c3cnn4ccc(-c5cccs5)nc34)n2)C1. The fraction of sp³-hybridized carbons (Fsp3) is 0.385. The van der Waals surface area contributed by atoms with Crippen molar-refractivity contribution in [3.05, 3.63) is 53.7 Å². The number of nitrogens with one attached hydrogen (secondary N) is 1. The molecule has 2 fully saturated rings. The number of thiophene rings is 1. The first-order valence-corrected chi connectivity index (χ1v) is 13.1. The summed E-state index contributed by atoms with van der Waals surface area (Å²) < 4.78 is 7.21. The van der Waals surface area contributed by atoms with E-state index in [1.807, 2.05) is 35.8 Å². The fourth-order valence-corrected chi connectivity index (χ4v) is 5.58. The van der Waals surface area contributed by atoms with Gasteiger partial charge >= 0.3 is 0 Å². The zero-order valence-corrected chi connectivity index (χ0v) is 21.2. The highest BCUT2D eigenvalue weighted by atomic mass is 32.1. The van der Waals surface area contributed by atoms with Crippen LogP contribution in [0.25, 0.3) is 27.5 Å². The Kier molecular flexibility index (Phi) is 6.16. The molecule has 6 heterocycles. The second-order valence-electron chi connectivity index (χ2n) is 9.47. The maximum absolute atomic E-state index is 13.3. The Labute approximate surface area is 213 Å². The Balaban J connectivity index is 1.35. The molecule has 36 heavy (non-hydrogen) atoms. The number of fused-ring (bicyclic) bond motifs is 1. The predicted molar refractivity (Wildman–Crippen MR) is 141 cm³/mol. The van der Waals surface area contributed by atoms with Crippen LogP contribution in [0.1, 0.15) is 23.2 Å². The van der Waals surface area contributed by atoms with E-state index in [1.54, 1.807) is 29.2 Å². The first kappa shape index (κ1) is 23.1. The van der Waals surface area contributed by atoms with Crippen molar-refractivity contribution < 1.29 is 9.53 Å². The topological polar surface area (TPSA) is 87.9 Å². The van der Waals surface area contributed by atoms with Crippen molar-refractivity contribution in [2.45, 2.75) is 25.0 Å². The van der Waals surface area contributed by atoms with Gasteiger partial charge in [-0.3, -0.25) is 4.79 Å². The average Bonchev–Trinajstić information content (AvgIpc) is 3.62. The largest absolute Gasteiger partial charge is 0.378 e. The number of hydrogen-bond donors (Lipinski definition) is 1. The molecule has 1 amide bonds. The van der Waals surface area contributed by atoms with Crippen LogP contribution in [0, 0.1) is 0 Å². The summed E-state index contributed by atoms with van der Waals surface area (Å²) in [6.45, 7) is 3.21. The number of pyridine rings is 1. The summed E-state index contributed by atoms with van der Waals surface area (Å²) in [7, 11) is 3.84. The van der Waals surface area contributed by atoms with Crippen molar-refractivity contribution in [1.29, 1.82) is 0 Å².